The Hall–Kier alpha value is -0.340. The molecule has 0 fully saturated rings. The van der Waals surface area contributed by atoms with E-state index >= 15 is 0 Å². The fourth-order valence-electron chi connectivity index (χ4n) is 1.65. The lowest BCUT2D eigenvalue weighted by Gasteiger charge is -2.27. The van der Waals surface area contributed by atoms with Crippen LogP contribution in [0.4, 0.5) is 0 Å². The van der Waals surface area contributed by atoms with Gasteiger partial charge in [-0.25, -0.2) is 0 Å². The first kappa shape index (κ1) is 8.75. The van der Waals surface area contributed by atoms with E-state index in [1.807, 2.05) is 0 Å². The second-order valence-electron chi connectivity index (χ2n) is 3.38. The molecule has 64 valence electrons. The average molecular weight is 156 g/mol. The molecular formula is C9H16O2. The SMILES string of the molecule is CC1=CC[C@@H](CO)[C@H](CO)C1. The van der Waals surface area contributed by atoms with Crippen LogP contribution < -0.4 is 0 Å². The van der Waals surface area contributed by atoms with Crippen LogP contribution in [0, 0.1) is 11.8 Å². The Kier molecular flexibility index (Phi) is 3.09. The van der Waals surface area contributed by atoms with Crippen LogP contribution in [-0.4, -0.2) is 23.4 Å². The normalized spacial score (nSPS) is 31.7. The molecule has 11 heavy (non-hydrogen) atoms. The van der Waals surface area contributed by atoms with Gasteiger partial charge in [-0.2, -0.15) is 0 Å². The Bertz CT molecular complexity index is 152. The van der Waals surface area contributed by atoms with Crippen LogP contribution in [0.3, 0.4) is 0 Å². The van der Waals surface area contributed by atoms with Gasteiger partial charge >= 0.3 is 0 Å². The lowest BCUT2D eigenvalue weighted by molar-refractivity contribution is 0.115. The molecule has 0 bridgehead atoms. The smallest absolute Gasteiger partial charge is 0.0465 e. The standard InChI is InChI=1S/C9H16O2/c1-7-2-3-8(5-10)9(4-7)6-11/h2,8-11H,3-6H2,1H3/t8-,9-/m0/s1. The second-order valence-corrected chi connectivity index (χ2v) is 3.38. The highest BCUT2D eigenvalue weighted by molar-refractivity contribution is 5.05. The van der Waals surface area contributed by atoms with Crippen molar-refractivity contribution in [3.8, 4) is 0 Å². The molecule has 2 atom stereocenters. The van der Waals surface area contributed by atoms with E-state index in [0.717, 1.165) is 12.8 Å². The summed E-state index contributed by atoms with van der Waals surface area (Å²) >= 11 is 0. The Balaban J connectivity index is 2.55. The Morgan fingerprint density at radius 2 is 2.00 bits per heavy atom. The predicted octanol–water partition coefficient (Wildman–Crippen LogP) is 0.944. The van der Waals surface area contributed by atoms with E-state index < -0.39 is 0 Å². The monoisotopic (exact) mass is 156 g/mol. The fraction of sp³-hybridized carbons (Fsp3) is 0.778. The number of aliphatic hydroxyl groups excluding tert-OH is 2. The Labute approximate surface area is 67.6 Å². The first-order valence-corrected chi connectivity index (χ1v) is 4.15. The maximum atomic E-state index is 8.97. The molecule has 0 saturated heterocycles. The molecule has 0 saturated carbocycles. The highest BCUT2D eigenvalue weighted by atomic mass is 16.3. The van der Waals surface area contributed by atoms with Crippen molar-refractivity contribution in [2.24, 2.45) is 11.8 Å². The van der Waals surface area contributed by atoms with Crippen LogP contribution in [0.1, 0.15) is 19.8 Å². The molecule has 1 rings (SSSR count). The summed E-state index contributed by atoms with van der Waals surface area (Å²) in [6.07, 6.45) is 4.03. The highest BCUT2D eigenvalue weighted by Crippen LogP contribution is 2.28. The molecule has 0 aliphatic heterocycles. The van der Waals surface area contributed by atoms with E-state index in [1.165, 1.54) is 5.57 Å². The number of hydrogen-bond acceptors (Lipinski definition) is 2. The Morgan fingerprint density at radius 1 is 1.36 bits per heavy atom. The molecule has 0 unspecified atom stereocenters. The lowest BCUT2D eigenvalue weighted by atomic mass is 9.81. The van der Waals surface area contributed by atoms with Crippen LogP contribution in [0.15, 0.2) is 11.6 Å². The zero-order valence-corrected chi connectivity index (χ0v) is 6.95. The number of rotatable bonds is 2. The van der Waals surface area contributed by atoms with Crippen LogP contribution in [0.25, 0.3) is 0 Å². The summed E-state index contributed by atoms with van der Waals surface area (Å²) in [5.41, 5.74) is 1.34. The number of allylic oxidation sites excluding steroid dienone is 2. The summed E-state index contributed by atoms with van der Waals surface area (Å²) < 4.78 is 0. The van der Waals surface area contributed by atoms with Crippen molar-refractivity contribution in [2.75, 3.05) is 13.2 Å². The summed E-state index contributed by atoms with van der Waals surface area (Å²) in [6, 6.07) is 0. The first-order chi connectivity index (χ1) is 5.27. The van der Waals surface area contributed by atoms with E-state index in [9.17, 15) is 0 Å². The third-order valence-electron chi connectivity index (χ3n) is 2.49. The summed E-state index contributed by atoms with van der Waals surface area (Å²) in [7, 11) is 0. The molecule has 0 aromatic heterocycles. The highest BCUT2D eigenvalue weighted by Gasteiger charge is 2.22. The molecule has 2 N–H and O–H groups in total. The van der Waals surface area contributed by atoms with Gasteiger partial charge in [-0.15, -0.1) is 0 Å². The third-order valence-corrected chi connectivity index (χ3v) is 2.49. The summed E-state index contributed by atoms with van der Waals surface area (Å²) in [6.45, 7) is 2.49. The van der Waals surface area contributed by atoms with Crippen molar-refractivity contribution in [1.29, 1.82) is 0 Å². The van der Waals surface area contributed by atoms with Crippen molar-refractivity contribution in [3.63, 3.8) is 0 Å². The van der Waals surface area contributed by atoms with E-state index in [2.05, 4.69) is 13.0 Å². The van der Waals surface area contributed by atoms with Crippen molar-refractivity contribution >= 4 is 0 Å². The van der Waals surface area contributed by atoms with Gasteiger partial charge in [0, 0.05) is 13.2 Å². The van der Waals surface area contributed by atoms with Gasteiger partial charge in [0.05, 0.1) is 0 Å². The molecule has 0 aromatic rings. The summed E-state index contributed by atoms with van der Waals surface area (Å²) in [5.74, 6) is 0.564. The van der Waals surface area contributed by atoms with Gasteiger partial charge in [-0.1, -0.05) is 11.6 Å². The molecule has 0 amide bonds. The minimum Gasteiger partial charge on any atom is -0.396 e. The number of hydrogen-bond donors (Lipinski definition) is 2. The van der Waals surface area contributed by atoms with Crippen LogP contribution >= 0.6 is 0 Å². The fourth-order valence-corrected chi connectivity index (χ4v) is 1.65. The predicted molar refractivity (Wildman–Crippen MR) is 44.1 cm³/mol. The maximum absolute atomic E-state index is 8.97. The van der Waals surface area contributed by atoms with Crippen LogP contribution in [0.5, 0.6) is 0 Å². The molecule has 2 nitrogen and oxygen atoms in total. The van der Waals surface area contributed by atoms with Gasteiger partial charge < -0.3 is 10.2 Å². The maximum Gasteiger partial charge on any atom is 0.0465 e. The molecule has 0 radical (unpaired) electrons. The van der Waals surface area contributed by atoms with Gasteiger partial charge in [-0.05, 0) is 31.6 Å². The van der Waals surface area contributed by atoms with Gasteiger partial charge in [0.15, 0.2) is 0 Å². The van der Waals surface area contributed by atoms with Gasteiger partial charge in [-0.3, -0.25) is 0 Å². The van der Waals surface area contributed by atoms with E-state index in [1.54, 1.807) is 0 Å². The van der Waals surface area contributed by atoms with Crippen molar-refractivity contribution in [3.05, 3.63) is 11.6 Å². The third kappa shape index (κ3) is 2.04. The second kappa shape index (κ2) is 3.88. The van der Waals surface area contributed by atoms with Gasteiger partial charge in [0.25, 0.3) is 0 Å². The largest absolute Gasteiger partial charge is 0.396 e. The molecule has 1 aliphatic carbocycles. The molecule has 2 heteroatoms. The molecule has 0 aromatic carbocycles. The molecular weight excluding hydrogens is 140 g/mol. The van der Waals surface area contributed by atoms with Crippen molar-refractivity contribution < 1.29 is 10.2 Å². The van der Waals surface area contributed by atoms with E-state index in [0.29, 0.717) is 0 Å². The Morgan fingerprint density at radius 3 is 2.55 bits per heavy atom. The van der Waals surface area contributed by atoms with Crippen LogP contribution in [-0.2, 0) is 0 Å². The minimum absolute atomic E-state index is 0.203. The van der Waals surface area contributed by atoms with Gasteiger partial charge in [0.2, 0.25) is 0 Å². The van der Waals surface area contributed by atoms with Gasteiger partial charge in [0.1, 0.15) is 0 Å². The topological polar surface area (TPSA) is 40.5 Å². The van der Waals surface area contributed by atoms with Crippen LogP contribution in [0.2, 0.25) is 0 Å². The van der Waals surface area contributed by atoms with E-state index in [-0.39, 0.29) is 25.0 Å². The van der Waals surface area contributed by atoms with Crippen molar-refractivity contribution in [2.45, 2.75) is 19.8 Å². The summed E-state index contributed by atoms with van der Waals surface area (Å²) in [4.78, 5) is 0. The average Bonchev–Trinajstić information content (AvgIpc) is 2.04. The summed E-state index contributed by atoms with van der Waals surface area (Å²) in [5, 5.41) is 17.9. The van der Waals surface area contributed by atoms with Crippen molar-refractivity contribution in [1.82, 2.24) is 0 Å². The minimum atomic E-state index is 0.203. The lowest BCUT2D eigenvalue weighted by Crippen LogP contribution is -2.24. The number of aliphatic hydroxyl groups is 2. The quantitative estimate of drug-likeness (QED) is 0.584. The first-order valence-electron chi connectivity index (χ1n) is 4.15. The molecule has 0 heterocycles. The van der Waals surface area contributed by atoms with E-state index in [4.69, 9.17) is 10.2 Å². The zero-order chi connectivity index (χ0) is 8.27. The molecule has 1 aliphatic rings. The molecule has 0 spiro atoms. The zero-order valence-electron chi connectivity index (χ0n) is 6.95.